The molecule has 0 aromatic carbocycles. The van der Waals surface area contributed by atoms with Crippen molar-refractivity contribution in [2.24, 2.45) is 0 Å². The third-order valence-electron chi connectivity index (χ3n) is 1.98. The lowest BCUT2D eigenvalue weighted by Gasteiger charge is -1.90. The number of hydrogen-bond acceptors (Lipinski definition) is 1. The fourth-order valence-corrected chi connectivity index (χ4v) is 1.27. The largest absolute Gasteiger partial charge is 0.369 e. The molecule has 0 aromatic heterocycles. The molecule has 1 rings (SSSR count). The molecule has 2 atom stereocenters. The lowest BCUT2D eigenvalue weighted by molar-refractivity contribution is 0.361. The summed E-state index contributed by atoms with van der Waals surface area (Å²) in [6, 6.07) is 0. The molecule has 11 heavy (non-hydrogen) atoms. The van der Waals surface area contributed by atoms with E-state index in [1.165, 1.54) is 12.8 Å². The van der Waals surface area contributed by atoms with Crippen LogP contribution in [0.25, 0.3) is 0 Å². The number of epoxide rings is 1. The van der Waals surface area contributed by atoms with Gasteiger partial charge in [0.05, 0.1) is 12.2 Å². The lowest BCUT2D eigenvalue weighted by Crippen LogP contribution is -1.91. The van der Waals surface area contributed by atoms with E-state index in [1.54, 1.807) is 0 Å². The van der Waals surface area contributed by atoms with E-state index in [4.69, 9.17) is 4.74 Å². The van der Waals surface area contributed by atoms with E-state index >= 15 is 0 Å². The molecule has 1 aliphatic heterocycles. The Morgan fingerprint density at radius 2 is 2.00 bits per heavy atom. The summed E-state index contributed by atoms with van der Waals surface area (Å²) >= 11 is 0. The Kier molecular flexibility index (Phi) is 3.37. The van der Waals surface area contributed by atoms with Crippen LogP contribution in [0.5, 0.6) is 0 Å². The maximum atomic E-state index is 5.40. The molecule has 0 aromatic rings. The highest BCUT2D eigenvalue weighted by Gasteiger charge is 2.36. The first-order chi connectivity index (χ1) is 5.38. The van der Waals surface area contributed by atoms with Crippen LogP contribution in [0.3, 0.4) is 0 Å². The Labute approximate surface area is 68.8 Å². The minimum Gasteiger partial charge on any atom is -0.369 e. The van der Waals surface area contributed by atoms with Gasteiger partial charge in [-0.15, -0.1) is 13.2 Å². The minimum absolute atomic E-state index is 0.484. The topological polar surface area (TPSA) is 12.5 Å². The van der Waals surface area contributed by atoms with Gasteiger partial charge in [0.15, 0.2) is 0 Å². The molecule has 1 saturated heterocycles. The van der Waals surface area contributed by atoms with Crippen LogP contribution in [0.4, 0.5) is 0 Å². The van der Waals surface area contributed by atoms with Crippen molar-refractivity contribution in [2.45, 2.75) is 37.9 Å². The van der Waals surface area contributed by atoms with E-state index < -0.39 is 0 Å². The Balaban J connectivity index is 1.95. The van der Waals surface area contributed by atoms with Crippen molar-refractivity contribution < 1.29 is 4.74 Å². The highest BCUT2D eigenvalue weighted by Crippen LogP contribution is 2.29. The van der Waals surface area contributed by atoms with Gasteiger partial charge < -0.3 is 4.74 Å². The molecule has 62 valence electrons. The maximum absolute atomic E-state index is 5.40. The molecular formula is C10H16O. The molecule has 0 amide bonds. The van der Waals surface area contributed by atoms with E-state index in [1.807, 2.05) is 12.2 Å². The van der Waals surface area contributed by atoms with Gasteiger partial charge in [0.25, 0.3) is 0 Å². The second-order valence-electron chi connectivity index (χ2n) is 2.96. The summed E-state index contributed by atoms with van der Waals surface area (Å²) in [5, 5.41) is 0. The summed E-state index contributed by atoms with van der Waals surface area (Å²) < 4.78 is 5.40. The molecule has 0 bridgehead atoms. The standard InChI is InChI=1S/C10H16O/c1-3-5-6-8-10-9(11-10)7-4-2/h3-4,9-10H,1-2,5-8H2. The monoisotopic (exact) mass is 152 g/mol. The third kappa shape index (κ3) is 2.89. The minimum atomic E-state index is 0.484. The molecule has 2 unspecified atom stereocenters. The average molecular weight is 152 g/mol. The Morgan fingerprint density at radius 3 is 2.64 bits per heavy atom. The molecule has 1 fully saturated rings. The van der Waals surface area contributed by atoms with Crippen molar-refractivity contribution in [3.8, 4) is 0 Å². The molecule has 1 aliphatic rings. The molecular weight excluding hydrogens is 136 g/mol. The Hall–Kier alpha value is -0.560. The first kappa shape index (κ1) is 8.54. The summed E-state index contributed by atoms with van der Waals surface area (Å²) in [5.74, 6) is 0. The van der Waals surface area contributed by atoms with Gasteiger partial charge in [-0.2, -0.15) is 0 Å². The number of unbranched alkanes of at least 4 members (excludes halogenated alkanes) is 1. The van der Waals surface area contributed by atoms with Crippen LogP contribution in [-0.2, 0) is 4.74 Å². The van der Waals surface area contributed by atoms with Gasteiger partial charge in [0, 0.05) is 0 Å². The predicted octanol–water partition coefficient (Wildman–Crippen LogP) is 2.69. The molecule has 1 nitrogen and oxygen atoms in total. The summed E-state index contributed by atoms with van der Waals surface area (Å²) in [6.07, 6.45) is 9.42. The number of ether oxygens (including phenoxy) is 1. The molecule has 1 heterocycles. The number of hydrogen-bond donors (Lipinski definition) is 0. The molecule has 0 radical (unpaired) electrons. The quantitative estimate of drug-likeness (QED) is 0.324. The van der Waals surface area contributed by atoms with E-state index in [2.05, 4.69) is 13.2 Å². The van der Waals surface area contributed by atoms with Crippen LogP contribution in [0.2, 0.25) is 0 Å². The molecule has 0 N–H and O–H groups in total. The summed E-state index contributed by atoms with van der Waals surface area (Å²) in [7, 11) is 0. The molecule has 1 heteroatoms. The smallest absolute Gasteiger partial charge is 0.0876 e. The predicted molar refractivity (Wildman–Crippen MR) is 47.5 cm³/mol. The van der Waals surface area contributed by atoms with Gasteiger partial charge in [0.2, 0.25) is 0 Å². The maximum Gasteiger partial charge on any atom is 0.0876 e. The Morgan fingerprint density at radius 1 is 1.18 bits per heavy atom. The van der Waals surface area contributed by atoms with E-state index in [9.17, 15) is 0 Å². The highest BCUT2D eigenvalue weighted by atomic mass is 16.6. The van der Waals surface area contributed by atoms with Gasteiger partial charge in [-0.25, -0.2) is 0 Å². The lowest BCUT2D eigenvalue weighted by atomic mass is 10.1. The van der Waals surface area contributed by atoms with Crippen LogP contribution in [-0.4, -0.2) is 12.2 Å². The van der Waals surface area contributed by atoms with Crippen molar-refractivity contribution in [1.29, 1.82) is 0 Å². The van der Waals surface area contributed by atoms with Crippen LogP contribution in [0, 0.1) is 0 Å². The van der Waals surface area contributed by atoms with Crippen molar-refractivity contribution in [3.63, 3.8) is 0 Å². The summed E-state index contributed by atoms with van der Waals surface area (Å²) in [5.41, 5.74) is 0. The van der Waals surface area contributed by atoms with E-state index in [0.29, 0.717) is 12.2 Å². The van der Waals surface area contributed by atoms with E-state index in [0.717, 1.165) is 12.8 Å². The number of rotatable bonds is 6. The zero-order chi connectivity index (χ0) is 8.10. The van der Waals surface area contributed by atoms with Gasteiger partial charge in [-0.3, -0.25) is 0 Å². The van der Waals surface area contributed by atoms with Gasteiger partial charge in [0.1, 0.15) is 0 Å². The molecule has 0 spiro atoms. The zero-order valence-corrected chi connectivity index (χ0v) is 6.96. The SMILES string of the molecule is C=CCCCC1OC1CC=C. The van der Waals surface area contributed by atoms with Crippen LogP contribution < -0.4 is 0 Å². The van der Waals surface area contributed by atoms with E-state index in [-0.39, 0.29) is 0 Å². The second-order valence-corrected chi connectivity index (χ2v) is 2.96. The second kappa shape index (κ2) is 4.35. The van der Waals surface area contributed by atoms with Crippen molar-refractivity contribution >= 4 is 0 Å². The van der Waals surface area contributed by atoms with Crippen LogP contribution in [0.1, 0.15) is 25.7 Å². The zero-order valence-electron chi connectivity index (χ0n) is 6.96. The van der Waals surface area contributed by atoms with Crippen molar-refractivity contribution in [3.05, 3.63) is 25.3 Å². The van der Waals surface area contributed by atoms with Crippen molar-refractivity contribution in [1.82, 2.24) is 0 Å². The highest BCUT2D eigenvalue weighted by molar-refractivity contribution is 4.90. The van der Waals surface area contributed by atoms with Gasteiger partial charge >= 0.3 is 0 Å². The normalized spacial score (nSPS) is 28.0. The molecule has 0 aliphatic carbocycles. The fourth-order valence-electron chi connectivity index (χ4n) is 1.27. The summed E-state index contributed by atoms with van der Waals surface area (Å²) in [6.45, 7) is 7.35. The van der Waals surface area contributed by atoms with Gasteiger partial charge in [-0.05, 0) is 25.7 Å². The first-order valence-corrected chi connectivity index (χ1v) is 4.25. The summed E-state index contributed by atoms with van der Waals surface area (Å²) in [4.78, 5) is 0. The molecule has 0 saturated carbocycles. The number of allylic oxidation sites excluding steroid dienone is 1. The third-order valence-corrected chi connectivity index (χ3v) is 1.98. The van der Waals surface area contributed by atoms with Crippen LogP contribution >= 0.6 is 0 Å². The van der Waals surface area contributed by atoms with Crippen LogP contribution in [0.15, 0.2) is 25.3 Å². The first-order valence-electron chi connectivity index (χ1n) is 4.25. The Bertz CT molecular complexity index is 140. The van der Waals surface area contributed by atoms with Gasteiger partial charge in [-0.1, -0.05) is 12.2 Å². The van der Waals surface area contributed by atoms with Crippen molar-refractivity contribution in [2.75, 3.05) is 0 Å². The average Bonchev–Trinajstić information content (AvgIpc) is 2.70. The fraction of sp³-hybridized carbons (Fsp3) is 0.600.